The van der Waals surface area contributed by atoms with Crippen molar-refractivity contribution in [1.82, 2.24) is 30.2 Å². The van der Waals surface area contributed by atoms with Gasteiger partial charge in [0.15, 0.2) is 0 Å². The minimum atomic E-state index is 0.654. The van der Waals surface area contributed by atoms with Gasteiger partial charge in [0.1, 0.15) is 5.82 Å². The molecule has 8 heteroatoms. The number of likely N-dealkylation sites (N-methyl/N-ethyl adjacent to an activating group) is 1. The first-order valence-corrected chi connectivity index (χ1v) is 10.6. The molecule has 2 aliphatic heterocycles. The van der Waals surface area contributed by atoms with Crippen molar-refractivity contribution in [3.05, 3.63) is 42.7 Å². The molecule has 0 atom stereocenters. The number of fused-ring (bicyclic) bond motifs is 1. The lowest BCUT2D eigenvalue weighted by atomic mass is 10.1. The van der Waals surface area contributed by atoms with E-state index in [2.05, 4.69) is 67.9 Å². The molecule has 1 aromatic carbocycles. The molecule has 3 aromatic rings. The van der Waals surface area contributed by atoms with E-state index in [0.717, 1.165) is 80.2 Å². The molecular weight excluding hydrogens is 376 g/mol. The highest BCUT2D eigenvalue weighted by atomic mass is 15.6. The zero-order valence-electron chi connectivity index (χ0n) is 17.4. The largest absolute Gasteiger partial charge is 0.354 e. The van der Waals surface area contributed by atoms with E-state index >= 15 is 0 Å². The lowest BCUT2D eigenvalue weighted by Gasteiger charge is -2.32. The number of pyridine rings is 1. The van der Waals surface area contributed by atoms with Crippen molar-refractivity contribution in [2.24, 2.45) is 0 Å². The van der Waals surface area contributed by atoms with Crippen LogP contribution in [0.3, 0.4) is 0 Å². The second kappa shape index (κ2) is 8.51. The second-order valence-corrected chi connectivity index (χ2v) is 8.01. The van der Waals surface area contributed by atoms with Crippen LogP contribution in [0, 0.1) is 0 Å². The highest BCUT2D eigenvalue weighted by molar-refractivity contribution is 5.84. The molecule has 2 aliphatic rings. The number of piperazine rings is 2. The van der Waals surface area contributed by atoms with E-state index in [1.54, 1.807) is 0 Å². The Bertz CT molecular complexity index is 992. The molecule has 0 amide bonds. The minimum absolute atomic E-state index is 0.654. The number of aromatic nitrogens is 3. The first-order valence-electron chi connectivity index (χ1n) is 10.6. The zero-order chi connectivity index (χ0) is 20.3. The summed E-state index contributed by atoms with van der Waals surface area (Å²) in [5, 5.41) is 6.59. The smallest absolute Gasteiger partial charge is 0.238 e. The number of nitrogens with zero attached hydrogens (tertiary/aromatic N) is 6. The van der Waals surface area contributed by atoms with Gasteiger partial charge in [0.25, 0.3) is 0 Å². The Balaban J connectivity index is 1.31. The van der Waals surface area contributed by atoms with Crippen molar-refractivity contribution in [3.63, 3.8) is 0 Å². The number of hydrazine groups is 1. The van der Waals surface area contributed by atoms with Gasteiger partial charge in [0.2, 0.25) is 5.95 Å². The number of anilines is 2. The molecule has 0 unspecified atom stereocenters. The Morgan fingerprint density at radius 3 is 2.43 bits per heavy atom. The lowest BCUT2D eigenvalue weighted by Crippen LogP contribution is -2.47. The second-order valence-electron chi connectivity index (χ2n) is 8.01. The van der Waals surface area contributed by atoms with Crippen molar-refractivity contribution in [3.8, 4) is 11.1 Å². The van der Waals surface area contributed by atoms with E-state index in [-0.39, 0.29) is 0 Å². The molecule has 2 fully saturated rings. The van der Waals surface area contributed by atoms with Crippen molar-refractivity contribution >= 4 is 22.7 Å². The molecular formula is C22H28N8. The van der Waals surface area contributed by atoms with E-state index in [4.69, 9.17) is 9.97 Å². The highest BCUT2D eigenvalue weighted by Crippen LogP contribution is 2.25. The summed E-state index contributed by atoms with van der Waals surface area (Å²) in [7, 11) is 2.15. The molecule has 0 aliphatic carbocycles. The molecule has 2 N–H and O–H groups in total. The van der Waals surface area contributed by atoms with Crippen molar-refractivity contribution in [1.29, 1.82) is 0 Å². The fourth-order valence-electron chi connectivity index (χ4n) is 3.96. The highest BCUT2D eigenvalue weighted by Gasteiger charge is 2.15. The summed E-state index contributed by atoms with van der Waals surface area (Å²) in [5.74, 6) is 1.70. The van der Waals surface area contributed by atoms with E-state index in [9.17, 15) is 0 Å². The van der Waals surface area contributed by atoms with Crippen LogP contribution in [0.4, 0.5) is 11.8 Å². The Hall–Kier alpha value is -2.81. The number of hydrogen-bond donors (Lipinski definition) is 2. The van der Waals surface area contributed by atoms with Gasteiger partial charge in [-0.1, -0.05) is 6.07 Å². The third kappa shape index (κ3) is 4.21. The minimum Gasteiger partial charge on any atom is -0.354 e. The van der Waals surface area contributed by atoms with Gasteiger partial charge in [-0.15, -0.1) is 0 Å². The topological polar surface area (TPSA) is 72.5 Å². The number of nitrogens with one attached hydrogen (secondary N) is 2. The molecule has 0 saturated carbocycles. The average molecular weight is 405 g/mol. The molecule has 8 nitrogen and oxygen atoms in total. The monoisotopic (exact) mass is 404 g/mol. The predicted octanol–water partition coefficient (Wildman–Crippen LogP) is 1.68. The Morgan fingerprint density at radius 2 is 1.67 bits per heavy atom. The van der Waals surface area contributed by atoms with Crippen molar-refractivity contribution in [2.75, 3.05) is 69.7 Å². The molecule has 0 bridgehead atoms. The molecule has 156 valence electrons. The van der Waals surface area contributed by atoms with Crippen LogP contribution in [-0.2, 0) is 0 Å². The summed E-state index contributed by atoms with van der Waals surface area (Å²) in [6.45, 7) is 8.06. The molecule has 0 spiro atoms. The van der Waals surface area contributed by atoms with Gasteiger partial charge in [-0.25, -0.2) is 20.0 Å². The van der Waals surface area contributed by atoms with Crippen molar-refractivity contribution in [2.45, 2.75) is 0 Å². The summed E-state index contributed by atoms with van der Waals surface area (Å²) in [6.07, 6.45) is 3.86. The maximum Gasteiger partial charge on any atom is 0.238 e. The maximum absolute atomic E-state index is 4.69. The summed E-state index contributed by atoms with van der Waals surface area (Å²) >= 11 is 0. The Morgan fingerprint density at radius 1 is 0.867 bits per heavy atom. The van der Waals surface area contributed by atoms with Crippen LogP contribution in [0.25, 0.3) is 22.0 Å². The Kier molecular flexibility index (Phi) is 5.44. The van der Waals surface area contributed by atoms with E-state index in [1.807, 2.05) is 12.4 Å². The van der Waals surface area contributed by atoms with Crippen LogP contribution in [0.5, 0.6) is 0 Å². The van der Waals surface area contributed by atoms with Crippen LogP contribution < -0.4 is 15.6 Å². The van der Waals surface area contributed by atoms with Crippen LogP contribution >= 0.6 is 0 Å². The summed E-state index contributed by atoms with van der Waals surface area (Å²) in [5.41, 5.74) is 6.52. The normalized spacial score (nSPS) is 18.6. The standard InChI is InChI=1S/C22H28N8/c1-28-10-12-30(13-11-28)27-22-25-16-19-14-17(2-4-20(19)26-22)18-3-5-21(24-15-18)29-8-6-23-7-9-29/h2-5,14-16,23H,6-13H2,1H3,(H,25,26,27). The lowest BCUT2D eigenvalue weighted by molar-refractivity contribution is 0.178. The zero-order valence-corrected chi connectivity index (χ0v) is 17.4. The molecule has 4 heterocycles. The fraction of sp³-hybridized carbons (Fsp3) is 0.409. The SMILES string of the molecule is CN1CCN(Nc2ncc3cc(-c4ccc(N5CCNCC5)nc4)ccc3n2)CC1. The van der Waals surface area contributed by atoms with Gasteiger partial charge in [0.05, 0.1) is 5.52 Å². The summed E-state index contributed by atoms with van der Waals surface area (Å²) in [4.78, 5) is 18.6. The molecule has 2 saturated heterocycles. The van der Waals surface area contributed by atoms with E-state index < -0.39 is 0 Å². The third-order valence-corrected chi connectivity index (χ3v) is 5.86. The van der Waals surface area contributed by atoms with Crippen molar-refractivity contribution < 1.29 is 0 Å². The summed E-state index contributed by atoms with van der Waals surface area (Å²) in [6, 6.07) is 10.6. The molecule has 0 radical (unpaired) electrons. The predicted molar refractivity (Wildman–Crippen MR) is 121 cm³/mol. The van der Waals surface area contributed by atoms with Gasteiger partial charge in [-0.3, -0.25) is 5.43 Å². The van der Waals surface area contributed by atoms with Gasteiger partial charge < -0.3 is 15.1 Å². The average Bonchev–Trinajstić information content (AvgIpc) is 2.81. The quantitative estimate of drug-likeness (QED) is 0.681. The van der Waals surface area contributed by atoms with E-state index in [1.165, 1.54) is 0 Å². The van der Waals surface area contributed by atoms with Gasteiger partial charge in [0, 0.05) is 75.7 Å². The number of rotatable bonds is 4. The summed E-state index contributed by atoms with van der Waals surface area (Å²) < 4.78 is 0. The number of benzene rings is 1. The fourth-order valence-corrected chi connectivity index (χ4v) is 3.96. The third-order valence-electron chi connectivity index (χ3n) is 5.86. The Labute approximate surface area is 176 Å². The van der Waals surface area contributed by atoms with Crippen LogP contribution in [0.15, 0.2) is 42.7 Å². The first-order chi connectivity index (χ1) is 14.7. The molecule has 5 rings (SSSR count). The van der Waals surface area contributed by atoms with E-state index in [0.29, 0.717) is 5.95 Å². The molecule has 30 heavy (non-hydrogen) atoms. The van der Waals surface area contributed by atoms with Crippen LogP contribution in [0.1, 0.15) is 0 Å². The van der Waals surface area contributed by atoms with Crippen LogP contribution in [-0.4, -0.2) is 84.3 Å². The maximum atomic E-state index is 4.69. The number of hydrogen-bond acceptors (Lipinski definition) is 8. The van der Waals surface area contributed by atoms with Crippen LogP contribution in [0.2, 0.25) is 0 Å². The van der Waals surface area contributed by atoms with Gasteiger partial charge >= 0.3 is 0 Å². The van der Waals surface area contributed by atoms with Gasteiger partial charge in [-0.2, -0.15) is 0 Å². The molecule has 2 aromatic heterocycles. The first kappa shape index (κ1) is 19.2. The van der Waals surface area contributed by atoms with Gasteiger partial charge in [-0.05, 0) is 36.9 Å².